The minimum atomic E-state index is -0.478. The topological polar surface area (TPSA) is 84.9 Å². The first-order valence-electron chi connectivity index (χ1n) is 8.35. The fourth-order valence-corrected chi connectivity index (χ4v) is 2.51. The third-order valence-corrected chi connectivity index (χ3v) is 3.89. The summed E-state index contributed by atoms with van der Waals surface area (Å²) in [4.78, 5) is 37.2. The van der Waals surface area contributed by atoms with Crippen LogP contribution in [0.1, 0.15) is 23.7 Å². The number of esters is 1. The molecule has 0 aromatic heterocycles. The van der Waals surface area contributed by atoms with Crippen LogP contribution in [0.25, 0.3) is 0 Å². The molecule has 0 unspecified atom stereocenters. The molecule has 0 bridgehead atoms. The minimum absolute atomic E-state index is 0.105. The molecule has 0 atom stereocenters. The molecular weight excluding hydrogens is 348 g/mol. The highest BCUT2D eigenvalue weighted by Crippen LogP contribution is 2.20. The number of amides is 2. The van der Waals surface area contributed by atoms with Crippen LogP contribution in [0.15, 0.2) is 48.5 Å². The first-order chi connectivity index (χ1) is 12.9. The molecule has 0 saturated carbocycles. The molecule has 2 amide bonds. The van der Waals surface area contributed by atoms with Gasteiger partial charge in [-0.25, -0.2) is 4.79 Å². The Kier molecular flexibility index (Phi) is 6.93. The fourth-order valence-electron chi connectivity index (χ4n) is 2.51. The van der Waals surface area contributed by atoms with E-state index in [1.54, 1.807) is 49.6 Å². The van der Waals surface area contributed by atoms with Gasteiger partial charge in [0.15, 0.2) is 0 Å². The number of carbonyl (C=O) groups is 3. The maximum absolute atomic E-state index is 12.2. The smallest absolute Gasteiger partial charge is 0.337 e. The van der Waals surface area contributed by atoms with Crippen LogP contribution in [0, 0.1) is 0 Å². The standard InChI is InChI=1S/C20H22N2O5/c1-14(23)22(17-7-9-18(26-2)10-8-17)12-11-19(24)21-16-6-4-5-15(13-16)20(25)27-3/h4-10,13H,11-12H2,1-3H3,(H,21,24). The predicted octanol–water partition coefficient (Wildman–Crippen LogP) is 2.86. The van der Waals surface area contributed by atoms with E-state index in [1.807, 2.05) is 0 Å². The highest BCUT2D eigenvalue weighted by atomic mass is 16.5. The van der Waals surface area contributed by atoms with Crippen LogP contribution in [0.2, 0.25) is 0 Å². The number of anilines is 2. The average molecular weight is 370 g/mol. The number of methoxy groups -OCH3 is 2. The average Bonchev–Trinajstić information content (AvgIpc) is 2.68. The van der Waals surface area contributed by atoms with Crippen molar-refractivity contribution in [2.75, 3.05) is 31.0 Å². The van der Waals surface area contributed by atoms with Gasteiger partial charge in [-0.15, -0.1) is 0 Å². The largest absolute Gasteiger partial charge is 0.497 e. The number of hydrogen-bond donors (Lipinski definition) is 1. The van der Waals surface area contributed by atoms with Gasteiger partial charge in [-0.2, -0.15) is 0 Å². The zero-order chi connectivity index (χ0) is 19.8. The van der Waals surface area contributed by atoms with E-state index >= 15 is 0 Å². The van der Waals surface area contributed by atoms with Gasteiger partial charge in [-0.05, 0) is 42.5 Å². The van der Waals surface area contributed by atoms with Crippen molar-refractivity contribution in [3.8, 4) is 5.75 Å². The van der Waals surface area contributed by atoms with Crippen LogP contribution in [-0.2, 0) is 14.3 Å². The van der Waals surface area contributed by atoms with E-state index in [0.717, 1.165) is 0 Å². The Bertz CT molecular complexity index is 817. The lowest BCUT2D eigenvalue weighted by Gasteiger charge is -2.21. The number of carbonyl (C=O) groups excluding carboxylic acids is 3. The molecular formula is C20H22N2O5. The second-order valence-electron chi connectivity index (χ2n) is 5.74. The van der Waals surface area contributed by atoms with Crippen LogP contribution < -0.4 is 15.0 Å². The van der Waals surface area contributed by atoms with Gasteiger partial charge >= 0.3 is 5.97 Å². The molecule has 1 N–H and O–H groups in total. The van der Waals surface area contributed by atoms with Crippen LogP contribution in [0.4, 0.5) is 11.4 Å². The highest BCUT2D eigenvalue weighted by Gasteiger charge is 2.14. The van der Waals surface area contributed by atoms with Gasteiger partial charge in [-0.3, -0.25) is 9.59 Å². The molecule has 7 nitrogen and oxygen atoms in total. The molecule has 2 aromatic carbocycles. The predicted molar refractivity (Wildman–Crippen MR) is 102 cm³/mol. The monoisotopic (exact) mass is 370 g/mol. The molecule has 0 saturated heterocycles. The number of rotatable bonds is 7. The third-order valence-electron chi connectivity index (χ3n) is 3.89. The zero-order valence-corrected chi connectivity index (χ0v) is 15.5. The number of nitrogens with one attached hydrogen (secondary N) is 1. The summed E-state index contributed by atoms with van der Waals surface area (Å²) < 4.78 is 9.77. The minimum Gasteiger partial charge on any atom is -0.497 e. The molecule has 0 aliphatic rings. The molecule has 0 aliphatic heterocycles. The van der Waals surface area contributed by atoms with E-state index in [2.05, 4.69) is 10.1 Å². The van der Waals surface area contributed by atoms with Crippen molar-refractivity contribution in [1.82, 2.24) is 0 Å². The summed E-state index contributed by atoms with van der Waals surface area (Å²) in [5, 5.41) is 2.72. The lowest BCUT2D eigenvalue weighted by atomic mass is 10.2. The van der Waals surface area contributed by atoms with Crippen LogP contribution in [0.5, 0.6) is 5.75 Å². The van der Waals surface area contributed by atoms with Crippen molar-refractivity contribution in [2.24, 2.45) is 0 Å². The number of nitrogens with zero attached hydrogens (tertiary/aromatic N) is 1. The molecule has 7 heteroatoms. The fraction of sp³-hybridized carbons (Fsp3) is 0.250. The quantitative estimate of drug-likeness (QED) is 0.758. The maximum atomic E-state index is 12.2. The summed E-state index contributed by atoms with van der Waals surface area (Å²) in [5.41, 5.74) is 1.52. The molecule has 142 valence electrons. The zero-order valence-electron chi connectivity index (χ0n) is 15.5. The number of hydrogen-bond acceptors (Lipinski definition) is 5. The van der Waals surface area contributed by atoms with Crippen molar-refractivity contribution in [2.45, 2.75) is 13.3 Å². The van der Waals surface area contributed by atoms with E-state index in [4.69, 9.17) is 4.74 Å². The molecule has 0 heterocycles. The molecule has 0 aliphatic carbocycles. The van der Waals surface area contributed by atoms with Gasteiger partial charge in [0.25, 0.3) is 0 Å². The Morgan fingerprint density at radius 1 is 1.04 bits per heavy atom. The van der Waals surface area contributed by atoms with E-state index in [9.17, 15) is 14.4 Å². The van der Waals surface area contributed by atoms with Crippen LogP contribution in [0.3, 0.4) is 0 Å². The molecule has 0 radical (unpaired) electrons. The maximum Gasteiger partial charge on any atom is 0.337 e. The lowest BCUT2D eigenvalue weighted by Crippen LogP contribution is -2.31. The van der Waals surface area contributed by atoms with Crippen molar-refractivity contribution < 1.29 is 23.9 Å². The molecule has 2 rings (SSSR count). The van der Waals surface area contributed by atoms with Crippen LogP contribution >= 0.6 is 0 Å². The summed E-state index contributed by atoms with van der Waals surface area (Å²) in [6.07, 6.45) is 0.105. The van der Waals surface area contributed by atoms with Gasteiger partial charge in [0.05, 0.1) is 19.8 Å². The van der Waals surface area contributed by atoms with Crippen molar-refractivity contribution in [3.05, 3.63) is 54.1 Å². The molecule has 0 fully saturated rings. The third kappa shape index (κ3) is 5.57. The first-order valence-corrected chi connectivity index (χ1v) is 8.35. The van der Waals surface area contributed by atoms with E-state index in [1.165, 1.54) is 25.0 Å². The number of ether oxygens (including phenoxy) is 2. The molecule has 27 heavy (non-hydrogen) atoms. The van der Waals surface area contributed by atoms with E-state index in [0.29, 0.717) is 22.7 Å². The summed E-state index contributed by atoms with van der Waals surface area (Å²) in [7, 11) is 2.86. The Morgan fingerprint density at radius 2 is 1.74 bits per heavy atom. The summed E-state index contributed by atoms with van der Waals surface area (Å²) in [5.74, 6) is -0.226. The van der Waals surface area contributed by atoms with Crippen molar-refractivity contribution in [1.29, 1.82) is 0 Å². The van der Waals surface area contributed by atoms with E-state index < -0.39 is 5.97 Å². The Labute approximate surface area is 157 Å². The van der Waals surface area contributed by atoms with Crippen molar-refractivity contribution in [3.63, 3.8) is 0 Å². The second-order valence-corrected chi connectivity index (χ2v) is 5.74. The Balaban J connectivity index is 1.99. The Morgan fingerprint density at radius 3 is 2.33 bits per heavy atom. The highest BCUT2D eigenvalue weighted by molar-refractivity contribution is 5.96. The summed E-state index contributed by atoms with van der Waals surface area (Å²) in [6, 6.07) is 13.5. The first kappa shape index (κ1) is 20.0. The van der Waals surface area contributed by atoms with Gasteiger partial charge in [-0.1, -0.05) is 6.07 Å². The lowest BCUT2D eigenvalue weighted by molar-refractivity contribution is -0.117. The number of benzene rings is 2. The van der Waals surface area contributed by atoms with Gasteiger partial charge in [0.2, 0.25) is 11.8 Å². The summed E-state index contributed by atoms with van der Waals surface area (Å²) in [6.45, 7) is 1.67. The Hall–Kier alpha value is -3.35. The normalized spacial score (nSPS) is 10.0. The SMILES string of the molecule is COC(=O)c1cccc(NC(=O)CCN(C(C)=O)c2ccc(OC)cc2)c1. The van der Waals surface area contributed by atoms with Gasteiger partial charge in [0, 0.05) is 31.3 Å². The van der Waals surface area contributed by atoms with Gasteiger partial charge in [0.1, 0.15) is 5.75 Å². The van der Waals surface area contributed by atoms with E-state index in [-0.39, 0.29) is 24.8 Å². The van der Waals surface area contributed by atoms with Crippen molar-refractivity contribution >= 4 is 29.2 Å². The molecule has 0 spiro atoms. The van der Waals surface area contributed by atoms with Gasteiger partial charge < -0.3 is 19.7 Å². The van der Waals surface area contributed by atoms with Crippen LogP contribution in [-0.4, -0.2) is 38.5 Å². The summed E-state index contributed by atoms with van der Waals surface area (Å²) >= 11 is 0. The molecule has 2 aromatic rings. The second kappa shape index (κ2) is 9.38.